The van der Waals surface area contributed by atoms with E-state index in [1.54, 1.807) is 6.92 Å². The van der Waals surface area contributed by atoms with Crippen LogP contribution in [0.2, 0.25) is 0 Å². The predicted octanol–water partition coefficient (Wildman–Crippen LogP) is 5.45. The first-order valence-electron chi connectivity index (χ1n) is 9.81. The van der Waals surface area contributed by atoms with Crippen LogP contribution in [0, 0.1) is 17.2 Å². The third-order valence-corrected chi connectivity index (χ3v) is 6.43. The molecule has 1 heterocycles. The van der Waals surface area contributed by atoms with Crippen LogP contribution in [0.1, 0.15) is 62.6 Å². The van der Waals surface area contributed by atoms with E-state index in [9.17, 15) is 10.1 Å². The highest BCUT2D eigenvalue weighted by molar-refractivity contribution is 7.16. The lowest BCUT2D eigenvalue weighted by molar-refractivity contribution is -0.122. The molecular weight excluding hydrogens is 368 g/mol. The number of fused-ring (bicyclic) bond motifs is 1. The Bertz CT molecular complexity index is 900. The molecule has 0 bridgehead atoms. The summed E-state index contributed by atoms with van der Waals surface area (Å²) in [4.78, 5) is 13.9. The summed E-state index contributed by atoms with van der Waals surface area (Å²) in [6.07, 6.45) is 2.34. The number of nitriles is 1. The van der Waals surface area contributed by atoms with E-state index in [-0.39, 0.29) is 11.3 Å². The third kappa shape index (κ3) is 4.39. The van der Waals surface area contributed by atoms with Crippen molar-refractivity contribution in [2.24, 2.45) is 5.92 Å². The van der Waals surface area contributed by atoms with Gasteiger partial charge in [0.05, 0.1) is 5.56 Å². The van der Waals surface area contributed by atoms with Gasteiger partial charge in [0.2, 0.25) is 0 Å². The molecule has 1 aromatic carbocycles. The lowest BCUT2D eigenvalue weighted by atomic mass is 9.87. The van der Waals surface area contributed by atoms with E-state index in [0.717, 1.165) is 24.8 Å². The first-order valence-corrected chi connectivity index (χ1v) is 10.6. The topological polar surface area (TPSA) is 62.1 Å². The van der Waals surface area contributed by atoms with E-state index in [1.807, 2.05) is 24.3 Å². The zero-order valence-corrected chi connectivity index (χ0v) is 18.1. The number of nitrogens with one attached hydrogen (secondary N) is 1. The summed E-state index contributed by atoms with van der Waals surface area (Å²) in [6, 6.07) is 10.1. The van der Waals surface area contributed by atoms with Crippen molar-refractivity contribution in [1.82, 2.24) is 0 Å². The van der Waals surface area contributed by atoms with Gasteiger partial charge >= 0.3 is 0 Å². The van der Waals surface area contributed by atoms with Crippen LogP contribution in [-0.4, -0.2) is 12.0 Å². The highest BCUT2D eigenvalue weighted by Crippen LogP contribution is 2.39. The molecular formula is C23H28N2O2S. The van der Waals surface area contributed by atoms with E-state index in [0.29, 0.717) is 22.2 Å². The fraction of sp³-hybridized carbons (Fsp3) is 0.478. The zero-order valence-electron chi connectivity index (χ0n) is 17.3. The highest BCUT2D eigenvalue weighted by Gasteiger charge is 2.26. The molecule has 2 unspecified atom stereocenters. The Morgan fingerprint density at radius 3 is 2.61 bits per heavy atom. The summed E-state index contributed by atoms with van der Waals surface area (Å²) in [5, 5.41) is 13.2. The monoisotopic (exact) mass is 396 g/mol. The minimum Gasteiger partial charge on any atom is -0.481 e. The van der Waals surface area contributed by atoms with Gasteiger partial charge in [0.15, 0.2) is 6.10 Å². The van der Waals surface area contributed by atoms with Gasteiger partial charge in [-0.3, -0.25) is 4.79 Å². The maximum atomic E-state index is 12.6. The van der Waals surface area contributed by atoms with Crippen molar-refractivity contribution in [1.29, 1.82) is 5.26 Å². The molecule has 3 rings (SSSR count). The molecule has 0 aliphatic heterocycles. The normalized spacial score (nSPS) is 17.4. The average Bonchev–Trinajstić information content (AvgIpc) is 2.97. The largest absolute Gasteiger partial charge is 0.481 e. The molecule has 0 spiro atoms. The molecule has 5 heteroatoms. The molecule has 1 amide bonds. The zero-order chi connectivity index (χ0) is 20.5. The van der Waals surface area contributed by atoms with E-state index < -0.39 is 6.10 Å². The minimum atomic E-state index is -0.648. The Morgan fingerprint density at radius 1 is 1.32 bits per heavy atom. The summed E-state index contributed by atoms with van der Waals surface area (Å²) < 4.78 is 5.82. The van der Waals surface area contributed by atoms with E-state index >= 15 is 0 Å². The lowest BCUT2D eigenvalue weighted by Gasteiger charge is -2.20. The summed E-state index contributed by atoms with van der Waals surface area (Å²) in [5.41, 5.74) is 3.04. The summed E-state index contributed by atoms with van der Waals surface area (Å²) in [6.45, 7) is 10.4. The van der Waals surface area contributed by atoms with Crippen molar-refractivity contribution in [3.63, 3.8) is 0 Å². The second-order valence-corrected chi connectivity index (χ2v) is 9.80. The van der Waals surface area contributed by atoms with E-state index in [4.69, 9.17) is 4.74 Å². The molecule has 0 radical (unpaired) electrons. The van der Waals surface area contributed by atoms with E-state index in [2.05, 4.69) is 39.1 Å². The third-order valence-electron chi connectivity index (χ3n) is 5.26. The smallest absolute Gasteiger partial charge is 0.265 e. The van der Waals surface area contributed by atoms with Crippen LogP contribution in [-0.2, 0) is 23.1 Å². The van der Waals surface area contributed by atoms with Crippen molar-refractivity contribution in [2.45, 2.75) is 65.4 Å². The number of carbonyl (C=O) groups is 1. The fourth-order valence-corrected chi connectivity index (χ4v) is 4.83. The summed E-state index contributed by atoms with van der Waals surface area (Å²) in [5.74, 6) is 1.05. The van der Waals surface area contributed by atoms with Gasteiger partial charge in [0.25, 0.3) is 5.91 Å². The van der Waals surface area contributed by atoms with Gasteiger partial charge in [0.1, 0.15) is 16.8 Å². The molecule has 0 saturated heterocycles. The maximum Gasteiger partial charge on any atom is 0.265 e. The van der Waals surface area contributed by atoms with Crippen molar-refractivity contribution in [3.05, 3.63) is 45.8 Å². The molecule has 4 nitrogen and oxygen atoms in total. The summed E-state index contributed by atoms with van der Waals surface area (Å²) >= 11 is 1.54. The first kappa shape index (κ1) is 20.4. The summed E-state index contributed by atoms with van der Waals surface area (Å²) in [7, 11) is 0. The first-order chi connectivity index (χ1) is 13.2. The molecule has 1 aliphatic carbocycles. The number of amides is 1. The van der Waals surface area contributed by atoms with Gasteiger partial charge in [-0.05, 0) is 60.8 Å². The van der Waals surface area contributed by atoms with Gasteiger partial charge in [-0.15, -0.1) is 11.3 Å². The Balaban J connectivity index is 1.69. The number of rotatable bonds is 4. The number of hydrogen-bond acceptors (Lipinski definition) is 4. The number of hydrogen-bond donors (Lipinski definition) is 1. The van der Waals surface area contributed by atoms with Crippen molar-refractivity contribution >= 4 is 22.2 Å². The average molecular weight is 397 g/mol. The van der Waals surface area contributed by atoms with Gasteiger partial charge in [-0.1, -0.05) is 39.8 Å². The van der Waals surface area contributed by atoms with Crippen LogP contribution in [0.4, 0.5) is 5.00 Å². The highest BCUT2D eigenvalue weighted by atomic mass is 32.1. The van der Waals surface area contributed by atoms with Crippen LogP contribution in [0.5, 0.6) is 5.75 Å². The van der Waals surface area contributed by atoms with Crippen LogP contribution in [0.15, 0.2) is 24.3 Å². The second-order valence-electron chi connectivity index (χ2n) is 8.69. The molecule has 0 saturated carbocycles. The number of ether oxygens (including phenoxy) is 1. The van der Waals surface area contributed by atoms with Crippen LogP contribution in [0.25, 0.3) is 0 Å². The number of nitrogens with zero attached hydrogens (tertiary/aromatic N) is 1. The molecule has 28 heavy (non-hydrogen) atoms. The molecule has 0 fully saturated rings. The van der Waals surface area contributed by atoms with E-state index in [1.165, 1.54) is 21.8 Å². The van der Waals surface area contributed by atoms with Gasteiger partial charge < -0.3 is 10.1 Å². The SMILES string of the molecule is CC1CCc2c(sc(NC(=O)C(C)Oc3ccc(C(C)(C)C)cc3)c2C#N)C1. The second kappa shape index (κ2) is 7.97. The Morgan fingerprint density at radius 2 is 2.00 bits per heavy atom. The van der Waals surface area contributed by atoms with Gasteiger partial charge in [-0.25, -0.2) is 0 Å². The minimum absolute atomic E-state index is 0.0744. The molecule has 148 valence electrons. The van der Waals surface area contributed by atoms with Crippen molar-refractivity contribution < 1.29 is 9.53 Å². The number of benzene rings is 1. The molecule has 1 aliphatic rings. The van der Waals surface area contributed by atoms with Gasteiger partial charge in [-0.2, -0.15) is 5.26 Å². The predicted molar refractivity (Wildman–Crippen MR) is 114 cm³/mol. The lowest BCUT2D eigenvalue weighted by Crippen LogP contribution is -2.30. The standard InChI is InChI=1S/C23H28N2O2S/c1-14-6-11-18-19(13-24)22(28-20(18)12-14)25-21(26)15(2)27-17-9-7-16(8-10-17)23(3,4)5/h7-10,14-15H,6,11-12H2,1-5H3,(H,25,26). The fourth-order valence-electron chi connectivity index (χ4n) is 3.46. The maximum absolute atomic E-state index is 12.6. The number of thiophene rings is 1. The number of carbonyl (C=O) groups excluding carboxylic acids is 1. The quantitative estimate of drug-likeness (QED) is 0.748. The van der Waals surface area contributed by atoms with Crippen LogP contribution < -0.4 is 10.1 Å². The molecule has 2 atom stereocenters. The Hall–Kier alpha value is -2.32. The molecule has 1 aromatic heterocycles. The Labute approximate surface area is 171 Å². The van der Waals surface area contributed by atoms with Crippen molar-refractivity contribution in [2.75, 3.05) is 5.32 Å². The Kier molecular flexibility index (Phi) is 5.81. The van der Waals surface area contributed by atoms with Gasteiger partial charge in [0, 0.05) is 4.88 Å². The van der Waals surface area contributed by atoms with Crippen LogP contribution >= 0.6 is 11.3 Å². The molecule has 1 N–H and O–H groups in total. The van der Waals surface area contributed by atoms with Crippen molar-refractivity contribution in [3.8, 4) is 11.8 Å². The number of anilines is 1. The molecule has 2 aromatic rings. The van der Waals surface area contributed by atoms with Crippen LogP contribution in [0.3, 0.4) is 0 Å².